The number of benzene rings is 2. The molecule has 1 amide bonds. The number of ether oxygens (including phenoxy) is 1. The highest BCUT2D eigenvalue weighted by atomic mass is 16.5. The second kappa shape index (κ2) is 6.67. The summed E-state index contributed by atoms with van der Waals surface area (Å²) in [4.78, 5) is 34.6. The molecule has 1 N–H and O–H groups in total. The minimum Gasteiger partial charge on any atom is -0.427 e. The van der Waals surface area contributed by atoms with E-state index in [-0.39, 0.29) is 11.7 Å². The van der Waals surface area contributed by atoms with Crippen LogP contribution in [0.2, 0.25) is 0 Å². The molecule has 0 aliphatic rings. The molecule has 0 saturated heterocycles. The van der Waals surface area contributed by atoms with Crippen LogP contribution in [-0.4, -0.2) is 17.7 Å². The van der Waals surface area contributed by atoms with Crippen LogP contribution in [0.15, 0.2) is 48.5 Å². The first-order valence-electron chi connectivity index (χ1n) is 6.67. The van der Waals surface area contributed by atoms with Crippen molar-refractivity contribution in [2.75, 3.05) is 5.32 Å². The fourth-order valence-corrected chi connectivity index (χ4v) is 1.93. The maximum atomic E-state index is 12.2. The zero-order chi connectivity index (χ0) is 16.1. The number of para-hydroxylation sites is 1. The Morgan fingerprint density at radius 1 is 0.909 bits per heavy atom. The number of rotatable bonds is 4. The molecule has 0 aromatic heterocycles. The average molecular weight is 297 g/mol. The number of hydrogen-bond donors (Lipinski definition) is 1. The Hall–Kier alpha value is -2.95. The molecular weight excluding hydrogens is 282 g/mol. The van der Waals surface area contributed by atoms with Crippen LogP contribution in [0.1, 0.15) is 34.6 Å². The van der Waals surface area contributed by atoms with E-state index in [1.807, 2.05) is 0 Å². The Bertz CT molecular complexity index is 720. The third kappa shape index (κ3) is 3.79. The predicted octanol–water partition coefficient (Wildman–Crippen LogP) is 3.07. The second-order valence-electron chi connectivity index (χ2n) is 4.67. The summed E-state index contributed by atoms with van der Waals surface area (Å²) >= 11 is 0. The van der Waals surface area contributed by atoms with Gasteiger partial charge in [0.2, 0.25) is 0 Å². The zero-order valence-corrected chi connectivity index (χ0v) is 12.3. The first kappa shape index (κ1) is 15.4. The van der Waals surface area contributed by atoms with Gasteiger partial charge in [0.05, 0.1) is 5.69 Å². The third-order valence-corrected chi connectivity index (χ3v) is 2.93. The van der Waals surface area contributed by atoms with Gasteiger partial charge in [-0.15, -0.1) is 0 Å². The quantitative estimate of drug-likeness (QED) is 0.535. The maximum Gasteiger partial charge on any atom is 0.308 e. The molecule has 2 aromatic carbocycles. The molecule has 2 rings (SSSR count). The lowest BCUT2D eigenvalue weighted by Gasteiger charge is -2.09. The molecule has 22 heavy (non-hydrogen) atoms. The smallest absolute Gasteiger partial charge is 0.308 e. The van der Waals surface area contributed by atoms with E-state index in [9.17, 15) is 14.4 Å². The summed E-state index contributed by atoms with van der Waals surface area (Å²) in [6.45, 7) is 2.75. The van der Waals surface area contributed by atoms with Crippen LogP contribution < -0.4 is 10.1 Å². The molecule has 0 radical (unpaired) electrons. The molecule has 0 heterocycles. The first-order chi connectivity index (χ1) is 10.5. The molecule has 0 fully saturated rings. The summed E-state index contributed by atoms with van der Waals surface area (Å²) in [5.41, 5.74) is 1.31. The molecule has 112 valence electrons. The highest BCUT2D eigenvalue weighted by Crippen LogP contribution is 2.18. The molecule has 0 unspecified atom stereocenters. The van der Waals surface area contributed by atoms with Gasteiger partial charge in [-0.25, -0.2) is 0 Å². The number of nitrogens with one attached hydrogen (secondary N) is 1. The number of anilines is 1. The van der Waals surface area contributed by atoms with Crippen LogP contribution in [0.25, 0.3) is 0 Å². The lowest BCUT2D eigenvalue weighted by Crippen LogP contribution is -2.14. The molecule has 0 aliphatic heterocycles. The van der Waals surface area contributed by atoms with Crippen LogP contribution in [0.5, 0.6) is 5.75 Å². The van der Waals surface area contributed by atoms with E-state index in [1.54, 1.807) is 36.4 Å². The van der Waals surface area contributed by atoms with Gasteiger partial charge in [-0.2, -0.15) is 0 Å². The van der Waals surface area contributed by atoms with Gasteiger partial charge in [-0.1, -0.05) is 12.1 Å². The van der Waals surface area contributed by atoms with Crippen molar-refractivity contribution in [3.8, 4) is 5.75 Å². The number of Topliss-reactive ketones (excluding diaryl/α,β-unsaturated/α-hetero) is 1. The number of carbonyl (C=O) groups excluding carboxylic acids is 3. The first-order valence-corrected chi connectivity index (χ1v) is 6.67. The van der Waals surface area contributed by atoms with Crippen molar-refractivity contribution >= 4 is 23.3 Å². The number of amides is 1. The van der Waals surface area contributed by atoms with Crippen LogP contribution in [-0.2, 0) is 4.79 Å². The van der Waals surface area contributed by atoms with E-state index in [0.717, 1.165) is 0 Å². The van der Waals surface area contributed by atoms with Crippen LogP contribution in [0.4, 0.5) is 5.69 Å². The summed E-state index contributed by atoms with van der Waals surface area (Å²) < 4.78 is 4.90. The van der Waals surface area contributed by atoms with Gasteiger partial charge in [0.1, 0.15) is 5.75 Å². The Labute approximate surface area is 127 Å². The molecule has 0 bridgehead atoms. The van der Waals surface area contributed by atoms with E-state index in [4.69, 9.17) is 4.74 Å². The van der Waals surface area contributed by atoms with Gasteiger partial charge < -0.3 is 10.1 Å². The summed E-state index contributed by atoms with van der Waals surface area (Å²) in [5, 5.41) is 2.70. The van der Waals surface area contributed by atoms with Gasteiger partial charge in [0.15, 0.2) is 5.78 Å². The largest absolute Gasteiger partial charge is 0.427 e. The molecule has 0 spiro atoms. The molecule has 0 aliphatic carbocycles. The van der Waals surface area contributed by atoms with Crippen molar-refractivity contribution in [1.29, 1.82) is 0 Å². The Kier molecular flexibility index (Phi) is 4.68. The lowest BCUT2D eigenvalue weighted by atomic mass is 10.1. The van der Waals surface area contributed by atoms with E-state index in [2.05, 4.69) is 5.32 Å². The number of esters is 1. The molecule has 2 aromatic rings. The SMILES string of the molecule is CC(=O)Oc1ccc(C(=O)Nc2ccccc2C(C)=O)cc1. The zero-order valence-electron chi connectivity index (χ0n) is 12.3. The Morgan fingerprint density at radius 3 is 2.14 bits per heavy atom. The summed E-state index contributed by atoms with van der Waals surface area (Å²) in [6.07, 6.45) is 0. The van der Waals surface area contributed by atoms with E-state index < -0.39 is 5.97 Å². The van der Waals surface area contributed by atoms with Crippen molar-refractivity contribution < 1.29 is 19.1 Å². The van der Waals surface area contributed by atoms with Gasteiger partial charge in [0, 0.05) is 18.1 Å². The van der Waals surface area contributed by atoms with Crippen molar-refractivity contribution in [3.63, 3.8) is 0 Å². The normalized spacial score (nSPS) is 9.91. The standard InChI is InChI=1S/C17H15NO4/c1-11(19)15-5-3-4-6-16(15)18-17(21)13-7-9-14(10-8-13)22-12(2)20/h3-10H,1-2H3,(H,18,21). The monoisotopic (exact) mass is 297 g/mol. The Morgan fingerprint density at radius 2 is 1.55 bits per heavy atom. The molecular formula is C17H15NO4. The third-order valence-electron chi connectivity index (χ3n) is 2.93. The second-order valence-corrected chi connectivity index (χ2v) is 4.67. The van der Waals surface area contributed by atoms with Crippen molar-refractivity contribution in [3.05, 3.63) is 59.7 Å². The number of carbonyl (C=O) groups is 3. The van der Waals surface area contributed by atoms with Crippen LogP contribution >= 0.6 is 0 Å². The number of hydrogen-bond acceptors (Lipinski definition) is 4. The van der Waals surface area contributed by atoms with Gasteiger partial charge in [-0.3, -0.25) is 14.4 Å². The van der Waals surface area contributed by atoms with Crippen molar-refractivity contribution in [2.45, 2.75) is 13.8 Å². The van der Waals surface area contributed by atoms with E-state index in [1.165, 1.54) is 26.0 Å². The summed E-state index contributed by atoms with van der Waals surface area (Å²) in [5.74, 6) is -0.523. The molecule has 0 saturated carbocycles. The van der Waals surface area contributed by atoms with Gasteiger partial charge >= 0.3 is 5.97 Å². The lowest BCUT2D eigenvalue weighted by molar-refractivity contribution is -0.131. The van der Waals surface area contributed by atoms with Crippen LogP contribution in [0, 0.1) is 0 Å². The summed E-state index contributed by atoms with van der Waals surface area (Å²) in [7, 11) is 0. The van der Waals surface area contributed by atoms with E-state index >= 15 is 0 Å². The van der Waals surface area contributed by atoms with Crippen molar-refractivity contribution in [2.24, 2.45) is 0 Å². The molecule has 5 nitrogen and oxygen atoms in total. The topological polar surface area (TPSA) is 72.5 Å². The highest BCUT2D eigenvalue weighted by Gasteiger charge is 2.11. The average Bonchev–Trinajstić information content (AvgIpc) is 2.47. The fourth-order valence-electron chi connectivity index (χ4n) is 1.93. The molecule has 0 atom stereocenters. The molecule has 5 heteroatoms. The maximum absolute atomic E-state index is 12.2. The predicted molar refractivity (Wildman–Crippen MR) is 82.2 cm³/mol. The highest BCUT2D eigenvalue weighted by molar-refractivity contribution is 6.09. The minimum absolute atomic E-state index is 0.124. The number of ketones is 1. The van der Waals surface area contributed by atoms with Crippen LogP contribution in [0.3, 0.4) is 0 Å². The van der Waals surface area contributed by atoms with Crippen molar-refractivity contribution in [1.82, 2.24) is 0 Å². The van der Waals surface area contributed by atoms with Gasteiger partial charge in [-0.05, 0) is 43.3 Å². The van der Waals surface area contributed by atoms with E-state index in [0.29, 0.717) is 22.6 Å². The summed E-state index contributed by atoms with van der Waals surface area (Å²) in [6, 6.07) is 13.0. The Balaban J connectivity index is 2.16. The fraction of sp³-hybridized carbons (Fsp3) is 0.118. The van der Waals surface area contributed by atoms with Gasteiger partial charge in [0.25, 0.3) is 5.91 Å². The minimum atomic E-state index is -0.424.